The maximum Gasteiger partial charge on any atom is 0.308 e. The molecule has 3 heteroatoms. The van der Waals surface area contributed by atoms with E-state index in [1.54, 1.807) is 0 Å². The Morgan fingerprint density at radius 3 is 1.64 bits per heavy atom. The van der Waals surface area contributed by atoms with Gasteiger partial charge in [-0.2, -0.15) is 0 Å². The minimum absolute atomic E-state index is 0. The predicted octanol–water partition coefficient (Wildman–Crippen LogP) is 1.76. The summed E-state index contributed by atoms with van der Waals surface area (Å²) in [6, 6.07) is 0. The summed E-state index contributed by atoms with van der Waals surface area (Å²) in [4.78, 5) is 0. The Balaban J connectivity index is 0. The van der Waals surface area contributed by atoms with Gasteiger partial charge in [0.15, 0.2) is 0 Å². The first-order chi connectivity index (χ1) is 4.37. The van der Waals surface area contributed by atoms with E-state index in [4.69, 9.17) is 0 Å². The molecule has 11 heavy (non-hydrogen) atoms. The number of quaternary nitrogens is 1. The molecule has 0 atom stereocenters. The van der Waals surface area contributed by atoms with E-state index in [0.717, 1.165) is 4.15 Å². The van der Waals surface area contributed by atoms with Crippen molar-refractivity contribution in [2.24, 2.45) is 0 Å². The van der Waals surface area contributed by atoms with Gasteiger partial charge in [0.05, 0.1) is 20.3 Å². The fraction of sp³-hybridized carbons (Fsp3) is 0.500. The lowest BCUT2D eigenvalue weighted by Crippen LogP contribution is -2.55. The van der Waals surface area contributed by atoms with Crippen molar-refractivity contribution in [2.75, 3.05) is 14.1 Å². The van der Waals surface area contributed by atoms with Gasteiger partial charge >= 0.3 is 8.24 Å². The van der Waals surface area contributed by atoms with E-state index in [2.05, 4.69) is 46.0 Å². The first kappa shape index (κ1) is 13.5. The van der Waals surface area contributed by atoms with E-state index in [-0.39, 0.29) is 11.0 Å². The minimum Gasteiger partial charge on any atom is -1.00 e. The van der Waals surface area contributed by atoms with Gasteiger partial charge in [-0.25, -0.2) is 0 Å². The molecule has 0 saturated carbocycles. The second kappa shape index (κ2) is 4.04. The molecule has 0 fully saturated rings. The Labute approximate surface area is 76.1 Å². The molecule has 0 bridgehead atoms. The highest BCUT2D eigenvalue weighted by Gasteiger charge is 2.35. The van der Waals surface area contributed by atoms with Crippen LogP contribution in [-0.2, 0) is 0 Å². The van der Waals surface area contributed by atoms with Crippen molar-refractivity contribution in [3.05, 3.63) is 25.1 Å². The highest BCUT2D eigenvalue weighted by atomic mass is 28.3. The van der Waals surface area contributed by atoms with Gasteiger partial charge in [-0.3, -0.25) is 0 Å². The molecule has 0 aliphatic carbocycles. The lowest BCUT2D eigenvalue weighted by molar-refractivity contribution is -0.732. The van der Waals surface area contributed by atoms with Crippen LogP contribution in [0.5, 0.6) is 0 Å². The molecule has 0 aliphatic heterocycles. The molecule has 0 aromatic carbocycles. The van der Waals surface area contributed by atoms with Crippen LogP contribution in [0.25, 0.3) is 0 Å². The van der Waals surface area contributed by atoms with Crippen LogP contribution in [0.3, 0.4) is 0 Å². The lowest BCUT2D eigenvalue weighted by atomic mass is 10.8. The molecule has 63 valence electrons. The second-order valence-electron chi connectivity index (χ2n) is 3.58. The van der Waals surface area contributed by atoms with Crippen molar-refractivity contribution in [2.45, 2.75) is 13.1 Å². The molecule has 0 aliphatic rings. The summed E-state index contributed by atoms with van der Waals surface area (Å²) in [6.45, 7) is 12.2. The largest absolute Gasteiger partial charge is 1.00 e. The number of hydrogen-bond donors (Lipinski definition) is 0. The maximum atomic E-state index is 3.84. The third-order valence-corrected chi connectivity index (χ3v) is 6.59. The van der Waals surface area contributed by atoms with Crippen LogP contribution in [-0.4, -0.2) is 37.4 Å². The van der Waals surface area contributed by atoms with Crippen molar-refractivity contribution in [1.82, 2.24) is 0 Å². The summed E-state index contributed by atoms with van der Waals surface area (Å²) >= 11 is 0. The molecule has 0 saturated heterocycles. The molecule has 0 rings (SSSR count). The summed E-state index contributed by atoms with van der Waals surface area (Å²) in [5.74, 6) is 0. The van der Waals surface area contributed by atoms with Crippen LogP contribution >= 0.6 is 0 Å². The monoisotopic (exact) mass is 184 g/mol. The Morgan fingerprint density at radius 2 is 1.55 bits per heavy atom. The fourth-order valence-electron chi connectivity index (χ4n) is 0.471. The zero-order chi connectivity index (χ0) is 8.41. The summed E-state index contributed by atoms with van der Waals surface area (Å²) < 4.78 is 0.899. The third-order valence-electron chi connectivity index (χ3n) is 2.44. The third kappa shape index (κ3) is 2.77. The molecule has 0 heterocycles. The molecule has 0 spiro atoms. The molecular formula is C8H18NSi2. The molecule has 0 amide bonds. The van der Waals surface area contributed by atoms with E-state index in [0.29, 0.717) is 0 Å². The Bertz CT molecular complexity index is 132. The quantitative estimate of drug-likeness (QED) is 0.586. The van der Waals surface area contributed by atoms with E-state index < -0.39 is 8.24 Å². The zero-order valence-electron chi connectivity index (χ0n) is 8.02. The van der Waals surface area contributed by atoms with Crippen molar-refractivity contribution < 1.29 is 4.15 Å². The highest BCUT2D eigenvalue weighted by molar-refractivity contribution is 6.75. The maximum absolute atomic E-state index is 3.84. The topological polar surface area (TPSA) is 0 Å². The Hall–Kier alpha value is -0.126. The zero-order valence-corrected chi connectivity index (χ0v) is 10.0. The molecule has 3 radical (unpaired) electrons. The van der Waals surface area contributed by atoms with E-state index >= 15 is 0 Å². The van der Waals surface area contributed by atoms with Gasteiger partial charge in [0.2, 0.25) is 0 Å². The van der Waals surface area contributed by atoms with E-state index in [9.17, 15) is 0 Å². The highest BCUT2D eigenvalue weighted by Crippen LogP contribution is 2.16. The first-order valence-electron chi connectivity index (χ1n) is 3.48. The van der Waals surface area contributed by atoms with E-state index in [1.807, 2.05) is 6.20 Å². The predicted molar refractivity (Wildman–Crippen MR) is 55.7 cm³/mol. The van der Waals surface area contributed by atoms with Gasteiger partial charge in [0, 0.05) is 0 Å². The molecular weight excluding hydrogens is 166 g/mol. The second-order valence-corrected chi connectivity index (χ2v) is 8.45. The fourth-order valence-corrected chi connectivity index (χ4v) is 1.41. The number of nitrogens with zero attached hydrogens (tertiary/aromatic N) is 1. The van der Waals surface area contributed by atoms with Gasteiger partial charge in [0.25, 0.3) is 0 Å². The normalized spacial score (nSPS) is 11.6. The van der Waals surface area contributed by atoms with Crippen LogP contribution in [0, 0.1) is 0 Å². The SMILES string of the molecule is C=C[N+](C)(C)[Si](C)(C)C=C.[Si-]. The minimum atomic E-state index is -1.32. The standard InChI is InChI=1S/C8H18NSi.Si/c1-7-9(3,4)10(5,6)8-2;/h7-8H,1-2H2,3-6H3;/q+1;-1. The molecule has 0 aromatic rings. The smallest absolute Gasteiger partial charge is 0.308 e. The van der Waals surface area contributed by atoms with Crippen molar-refractivity contribution >= 4 is 19.2 Å². The molecule has 0 N–H and O–H groups in total. The van der Waals surface area contributed by atoms with E-state index in [1.165, 1.54) is 0 Å². The van der Waals surface area contributed by atoms with Crippen LogP contribution < -0.4 is 0 Å². The van der Waals surface area contributed by atoms with Crippen molar-refractivity contribution in [3.8, 4) is 0 Å². The van der Waals surface area contributed by atoms with Gasteiger partial charge in [-0.15, -0.1) is 6.58 Å². The van der Waals surface area contributed by atoms with Gasteiger partial charge in [-0.1, -0.05) is 0 Å². The Morgan fingerprint density at radius 1 is 1.18 bits per heavy atom. The number of rotatable bonds is 3. The summed E-state index contributed by atoms with van der Waals surface area (Å²) in [7, 11) is 3.01. The van der Waals surface area contributed by atoms with Crippen LogP contribution in [0.4, 0.5) is 0 Å². The average molecular weight is 184 g/mol. The van der Waals surface area contributed by atoms with Gasteiger partial charge in [-0.05, 0) is 25.4 Å². The van der Waals surface area contributed by atoms with Crippen molar-refractivity contribution in [1.29, 1.82) is 0 Å². The molecule has 1 nitrogen and oxygen atoms in total. The summed E-state index contributed by atoms with van der Waals surface area (Å²) in [6.07, 6.45) is 1.98. The summed E-state index contributed by atoms with van der Waals surface area (Å²) in [5.41, 5.74) is 2.09. The van der Waals surface area contributed by atoms with Crippen LogP contribution in [0.15, 0.2) is 25.1 Å². The Kier molecular flexibility index (Phi) is 4.94. The first-order valence-corrected chi connectivity index (χ1v) is 6.51. The van der Waals surface area contributed by atoms with Gasteiger partial charge < -0.3 is 15.1 Å². The average Bonchev–Trinajstić information content (AvgIpc) is 1.88. The number of hydrogen-bond acceptors (Lipinski definition) is 0. The molecule has 0 aromatic heterocycles. The van der Waals surface area contributed by atoms with Crippen LogP contribution in [0.2, 0.25) is 13.1 Å². The van der Waals surface area contributed by atoms with Crippen LogP contribution in [0.1, 0.15) is 0 Å². The molecule has 0 unspecified atom stereocenters. The summed E-state index contributed by atoms with van der Waals surface area (Å²) in [5, 5.41) is 0. The van der Waals surface area contributed by atoms with Gasteiger partial charge in [0.1, 0.15) is 0 Å². The lowest BCUT2D eigenvalue weighted by Gasteiger charge is -2.37. The van der Waals surface area contributed by atoms with Crippen molar-refractivity contribution in [3.63, 3.8) is 0 Å².